The number of hydrogen-bond donors (Lipinski definition) is 2. The first-order valence-corrected chi connectivity index (χ1v) is 15.8. The lowest BCUT2D eigenvalue weighted by molar-refractivity contribution is 0.290. The van der Waals surface area contributed by atoms with Crippen molar-refractivity contribution < 1.29 is 31.0 Å². The molecule has 1 aromatic carbocycles. The molecule has 0 radical (unpaired) electrons. The van der Waals surface area contributed by atoms with Crippen LogP contribution in [-0.2, 0) is 19.3 Å². The van der Waals surface area contributed by atoms with Gasteiger partial charge in [0.2, 0.25) is 5.75 Å². The summed E-state index contributed by atoms with van der Waals surface area (Å²) in [6, 6.07) is 9.83. The van der Waals surface area contributed by atoms with Gasteiger partial charge in [-0.15, -0.1) is 0 Å². The van der Waals surface area contributed by atoms with E-state index >= 15 is 0 Å². The van der Waals surface area contributed by atoms with Gasteiger partial charge < -0.3 is 14.2 Å². The summed E-state index contributed by atoms with van der Waals surface area (Å²) in [5.74, 6) is 0.761. The molecule has 4 rings (SSSR count). The zero-order valence-corrected chi connectivity index (χ0v) is 23.8. The van der Waals surface area contributed by atoms with Crippen LogP contribution in [-0.4, -0.2) is 52.0 Å². The maximum atomic E-state index is 13.3. The number of pyridine rings is 1. The van der Waals surface area contributed by atoms with Crippen molar-refractivity contribution in [3.63, 3.8) is 0 Å². The van der Waals surface area contributed by atoms with E-state index in [2.05, 4.69) is 24.4 Å². The zero-order valence-electron chi connectivity index (χ0n) is 21.4. The van der Waals surface area contributed by atoms with Crippen molar-refractivity contribution >= 4 is 35.8 Å². The zero-order chi connectivity index (χ0) is 28.2. The minimum absolute atomic E-state index is 0.0145. The van der Waals surface area contributed by atoms with Crippen LogP contribution in [0.4, 0.5) is 5.82 Å². The molecule has 15 heteroatoms. The van der Waals surface area contributed by atoms with Crippen LogP contribution in [0, 0.1) is 0 Å². The minimum Gasteiger partial charge on any atom is -0.493 e. The average Bonchev–Trinajstić information content (AvgIpc) is 3.73. The Bertz CT molecular complexity index is 1530. The fourth-order valence-corrected chi connectivity index (χ4v) is 4.92. The van der Waals surface area contributed by atoms with E-state index in [4.69, 9.17) is 24.9 Å². The number of benzene rings is 1. The standard InChI is InChI=1S/C24H28ClN5O7S2/c1-15(2)17-10-11-20(26-14-17)38(31,32)30-23-21(37-19-7-5-4-6-18(19)35-3)24(29-22(28-23)16-8-9-16)36-13-12-27-39(25,33)34/h4-7,10-11,14-16,27H,8-9,12-13H2,1-3H3,(H,28,29,30). The summed E-state index contributed by atoms with van der Waals surface area (Å²) in [5.41, 5.74) is 0.885. The third kappa shape index (κ3) is 7.68. The highest BCUT2D eigenvalue weighted by Crippen LogP contribution is 2.45. The third-order valence-corrected chi connectivity index (χ3v) is 7.75. The monoisotopic (exact) mass is 597 g/mol. The van der Waals surface area contributed by atoms with Gasteiger partial charge in [0, 0.05) is 29.3 Å². The molecular weight excluding hydrogens is 570 g/mol. The summed E-state index contributed by atoms with van der Waals surface area (Å²) in [4.78, 5) is 13.0. The Morgan fingerprint density at radius 2 is 1.77 bits per heavy atom. The van der Waals surface area contributed by atoms with Crippen LogP contribution < -0.4 is 23.7 Å². The summed E-state index contributed by atoms with van der Waals surface area (Å²) in [7, 11) is -1.50. The highest BCUT2D eigenvalue weighted by molar-refractivity contribution is 8.12. The number of halogens is 1. The molecule has 1 aliphatic rings. The van der Waals surface area contributed by atoms with Gasteiger partial charge in [0.1, 0.15) is 12.4 Å². The van der Waals surface area contributed by atoms with E-state index in [9.17, 15) is 16.8 Å². The quantitative estimate of drug-likeness (QED) is 0.218. The van der Waals surface area contributed by atoms with Crippen LogP contribution in [0.1, 0.15) is 49.9 Å². The number of hydrogen-bond acceptors (Lipinski definition) is 10. The lowest BCUT2D eigenvalue weighted by Gasteiger charge is -2.18. The number of methoxy groups -OCH3 is 1. The molecule has 0 atom stereocenters. The molecule has 2 heterocycles. The van der Waals surface area contributed by atoms with Gasteiger partial charge in [0.15, 0.2) is 22.3 Å². The first kappa shape index (κ1) is 28.8. The van der Waals surface area contributed by atoms with Crippen molar-refractivity contribution in [3.8, 4) is 23.1 Å². The summed E-state index contributed by atoms with van der Waals surface area (Å²) in [6.45, 7) is 3.60. The van der Waals surface area contributed by atoms with E-state index in [-0.39, 0.29) is 53.2 Å². The van der Waals surface area contributed by atoms with E-state index < -0.39 is 19.3 Å². The molecule has 3 aromatic rings. The maximum Gasteiger partial charge on any atom is 0.297 e. The first-order valence-electron chi connectivity index (χ1n) is 12.0. The maximum absolute atomic E-state index is 13.3. The SMILES string of the molecule is COc1ccccc1Oc1c(NS(=O)(=O)c2ccc(C(C)C)cn2)nc(C2CC2)nc1OCCNS(=O)(=O)Cl. The van der Waals surface area contributed by atoms with E-state index in [0.29, 0.717) is 11.6 Å². The molecule has 2 aromatic heterocycles. The summed E-state index contributed by atoms with van der Waals surface area (Å²) in [5, 5.41) is -0.208. The van der Waals surface area contributed by atoms with E-state index in [1.54, 1.807) is 30.3 Å². The Hall–Kier alpha value is -3.20. The second kappa shape index (κ2) is 11.9. The Balaban J connectivity index is 1.75. The number of nitrogens with zero attached hydrogens (tertiary/aromatic N) is 3. The van der Waals surface area contributed by atoms with Crippen LogP contribution in [0.25, 0.3) is 0 Å². The van der Waals surface area contributed by atoms with Gasteiger partial charge in [-0.25, -0.2) is 9.97 Å². The van der Waals surface area contributed by atoms with Gasteiger partial charge in [-0.2, -0.15) is 26.5 Å². The van der Waals surface area contributed by atoms with Gasteiger partial charge in [-0.1, -0.05) is 32.0 Å². The topological polar surface area (TPSA) is 159 Å². The van der Waals surface area contributed by atoms with E-state index in [1.165, 1.54) is 19.4 Å². The number of ether oxygens (including phenoxy) is 3. The number of nitrogens with one attached hydrogen (secondary N) is 2. The Morgan fingerprint density at radius 1 is 1.05 bits per heavy atom. The Morgan fingerprint density at radius 3 is 2.36 bits per heavy atom. The lowest BCUT2D eigenvalue weighted by Crippen LogP contribution is -2.24. The largest absolute Gasteiger partial charge is 0.493 e. The number of rotatable bonds is 13. The van der Waals surface area contributed by atoms with Gasteiger partial charge in [-0.3, -0.25) is 4.72 Å². The van der Waals surface area contributed by atoms with Gasteiger partial charge in [-0.05, 0) is 42.5 Å². The van der Waals surface area contributed by atoms with E-state index in [0.717, 1.165) is 18.4 Å². The minimum atomic E-state index is -4.20. The third-order valence-electron chi connectivity index (χ3n) is 5.62. The molecule has 1 saturated carbocycles. The molecule has 1 aliphatic carbocycles. The molecule has 0 saturated heterocycles. The molecule has 0 amide bonds. The Kier molecular flexibility index (Phi) is 8.79. The summed E-state index contributed by atoms with van der Waals surface area (Å²) >= 11 is 0. The van der Waals surface area contributed by atoms with Crippen LogP contribution in [0.2, 0.25) is 0 Å². The molecule has 0 aliphatic heterocycles. The number of sulfonamides is 1. The number of anilines is 1. The lowest BCUT2D eigenvalue weighted by atomic mass is 10.1. The van der Waals surface area contributed by atoms with Crippen molar-refractivity contribution in [3.05, 3.63) is 54.0 Å². The van der Waals surface area contributed by atoms with Crippen LogP contribution >= 0.6 is 10.7 Å². The summed E-state index contributed by atoms with van der Waals surface area (Å²) < 4.78 is 70.9. The predicted octanol–water partition coefficient (Wildman–Crippen LogP) is 3.93. The van der Waals surface area contributed by atoms with Gasteiger partial charge >= 0.3 is 0 Å². The van der Waals surface area contributed by atoms with Crippen LogP contribution in [0.3, 0.4) is 0 Å². The van der Waals surface area contributed by atoms with Gasteiger partial charge in [0.05, 0.1) is 7.11 Å². The van der Waals surface area contributed by atoms with Gasteiger partial charge in [0.25, 0.3) is 25.1 Å². The van der Waals surface area contributed by atoms with Crippen molar-refractivity contribution in [2.45, 2.75) is 43.6 Å². The second-order valence-corrected chi connectivity index (χ2v) is 13.0. The van der Waals surface area contributed by atoms with Crippen LogP contribution in [0.5, 0.6) is 23.1 Å². The average molecular weight is 598 g/mol. The molecule has 210 valence electrons. The molecule has 1 fully saturated rings. The van der Waals surface area contributed by atoms with E-state index in [1.807, 2.05) is 13.8 Å². The highest BCUT2D eigenvalue weighted by atomic mass is 35.7. The molecule has 0 bridgehead atoms. The number of aromatic nitrogens is 3. The molecular formula is C24H28ClN5O7S2. The fourth-order valence-electron chi connectivity index (χ4n) is 3.43. The second-order valence-electron chi connectivity index (χ2n) is 8.96. The molecule has 2 N–H and O–H groups in total. The molecule has 39 heavy (non-hydrogen) atoms. The highest BCUT2D eigenvalue weighted by Gasteiger charge is 2.32. The first-order chi connectivity index (χ1) is 18.5. The molecule has 0 unspecified atom stereocenters. The fraction of sp³-hybridized carbons (Fsp3) is 0.375. The smallest absolute Gasteiger partial charge is 0.297 e. The van der Waals surface area contributed by atoms with Crippen molar-refractivity contribution in [2.24, 2.45) is 0 Å². The summed E-state index contributed by atoms with van der Waals surface area (Å²) in [6.07, 6.45) is 3.15. The molecule has 12 nitrogen and oxygen atoms in total. The van der Waals surface area contributed by atoms with Crippen molar-refractivity contribution in [1.29, 1.82) is 0 Å². The number of para-hydroxylation sites is 2. The van der Waals surface area contributed by atoms with Crippen LogP contribution in [0.15, 0.2) is 47.6 Å². The normalized spacial score (nSPS) is 13.8. The predicted molar refractivity (Wildman–Crippen MR) is 144 cm³/mol. The van der Waals surface area contributed by atoms with Crippen molar-refractivity contribution in [1.82, 2.24) is 19.7 Å². The van der Waals surface area contributed by atoms with Crippen molar-refractivity contribution in [2.75, 3.05) is 25.0 Å². The Labute approximate surface area is 231 Å². The molecule has 0 spiro atoms.